The van der Waals surface area contributed by atoms with Crippen molar-refractivity contribution < 1.29 is 4.90 Å². The zero-order valence-corrected chi connectivity index (χ0v) is 11.3. The largest absolute Gasteiger partial charge is 0.360 e. The van der Waals surface area contributed by atoms with Gasteiger partial charge in [-0.25, -0.2) is 0 Å². The van der Waals surface area contributed by atoms with E-state index in [1.165, 1.54) is 43.3 Å². The Morgan fingerprint density at radius 2 is 1.78 bits per heavy atom. The molecule has 0 spiro atoms. The number of thiophene rings is 1. The van der Waals surface area contributed by atoms with Gasteiger partial charge in [-0.05, 0) is 23.6 Å². The molecular weight excluding hydrogens is 240 g/mol. The van der Waals surface area contributed by atoms with Crippen LogP contribution in [-0.2, 0) is 6.54 Å². The van der Waals surface area contributed by atoms with Gasteiger partial charge < -0.3 is 9.80 Å². The molecule has 0 radical (unpaired) electrons. The van der Waals surface area contributed by atoms with E-state index in [0.29, 0.717) is 0 Å². The van der Waals surface area contributed by atoms with E-state index in [-0.39, 0.29) is 0 Å². The summed E-state index contributed by atoms with van der Waals surface area (Å²) in [6.07, 6.45) is 0. The van der Waals surface area contributed by atoms with E-state index < -0.39 is 0 Å². The number of para-hydroxylation sites is 1. The van der Waals surface area contributed by atoms with Crippen molar-refractivity contribution >= 4 is 17.0 Å². The molecule has 1 aliphatic heterocycles. The van der Waals surface area contributed by atoms with Crippen LogP contribution in [-0.4, -0.2) is 26.2 Å². The maximum Gasteiger partial charge on any atom is 0.112 e. The highest BCUT2D eigenvalue weighted by atomic mass is 32.1. The molecule has 1 fully saturated rings. The second kappa shape index (κ2) is 5.55. The van der Waals surface area contributed by atoms with Crippen LogP contribution in [0.5, 0.6) is 0 Å². The lowest BCUT2D eigenvalue weighted by Gasteiger charge is -2.33. The van der Waals surface area contributed by atoms with Crippen LogP contribution in [0.1, 0.15) is 4.88 Å². The number of benzene rings is 1. The Labute approximate surface area is 112 Å². The fourth-order valence-corrected chi connectivity index (χ4v) is 3.33. The summed E-state index contributed by atoms with van der Waals surface area (Å²) in [5, 5.41) is 2.18. The zero-order chi connectivity index (χ0) is 12.2. The fraction of sp³-hybridized carbons (Fsp3) is 0.333. The van der Waals surface area contributed by atoms with Gasteiger partial charge in [-0.1, -0.05) is 24.3 Å². The van der Waals surface area contributed by atoms with Crippen LogP contribution in [0.25, 0.3) is 0 Å². The average Bonchev–Trinajstić information content (AvgIpc) is 2.94. The van der Waals surface area contributed by atoms with E-state index in [0.717, 1.165) is 0 Å². The van der Waals surface area contributed by atoms with E-state index in [4.69, 9.17) is 0 Å². The van der Waals surface area contributed by atoms with Gasteiger partial charge in [0.1, 0.15) is 6.54 Å². The predicted molar refractivity (Wildman–Crippen MR) is 77.4 cm³/mol. The van der Waals surface area contributed by atoms with Crippen molar-refractivity contribution in [3.05, 3.63) is 52.7 Å². The minimum Gasteiger partial charge on any atom is -0.360 e. The first-order valence-corrected chi connectivity index (χ1v) is 7.46. The summed E-state index contributed by atoms with van der Waals surface area (Å²) in [4.78, 5) is 5.72. The van der Waals surface area contributed by atoms with Crippen molar-refractivity contribution in [3.8, 4) is 0 Å². The van der Waals surface area contributed by atoms with Gasteiger partial charge in [0.15, 0.2) is 0 Å². The molecule has 0 bridgehead atoms. The molecule has 0 aliphatic carbocycles. The third kappa shape index (κ3) is 2.74. The number of nitrogens with zero attached hydrogens (tertiary/aromatic N) is 1. The molecule has 94 valence electrons. The second-order valence-corrected chi connectivity index (χ2v) is 5.86. The van der Waals surface area contributed by atoms with E-state index in [2.05, 4.69) is 52.7 Å². The molecule has 3 heteroatoms. The van der Waals surface area contributed by atoms with Crippen molar-refractivity contribution in [1.29, 1.82) is 0 Å². The molecule has 2 nitrogen and oxygen atoms in total. The van der Waals surface area contributed by atoms with Gasteiger partial charge in [-0.3, -0.25) is 0 Å². The Morgan fingerprint density at radius 3 is 2.44 bits per heavy atom. The van der Waals surface area contributed by atoms with Crippen LogP contribution in [0, 0.1) is 0 Å². The maximum absolute atomic E-state index is 2.50. The Morgan fingerprint density at radius 1 is 1.00 bits per heavy atom. The van der Waals surface area contributed by atoms with Crippen molar-refractivity contribution in [2.24, 2.45) is 0 Å². The minimum absolute atomic E-state index is 1.17. The fourth-order valence-electron chi connectivity index (χ4n) is 2.56. The average molecular weight is 259 g/mol. The number of hydrogen-bond donors (Lipinski definition) is 1. The lowest BCUT2D eigenvalue weighted by Crippen LogP contribution is -3.13. The monoisotopic (exact) mass is 259 g/mol. The topological polar surface area (TPSA) is 7.68 Å². The van der Waals surface area contributed by atoms with Gasteiger partial charge in [0, 0.05) is 5.69 Å². The summed E-state index contributed by atoms with van der Waals surface area (Å²) < 4.78 is 0. The molecule has 0 unspecified atom stereocenters. The van der Waals surface area contributed by atoms with Crippen LogP contribution >= 0.6 is 11.3 Å². The van der Waals surface area contributed by atoms with Crippen LogP contribution in [0.2, 0.25) is 0 Å². The molecule has 3 rings (SSSR count). The lowest BCUT2D eigenvalue weighted by atomic mass is 10.2. The number of hydrogen-bond acceptors (Lipinski definition) is 2. The number of piperazine rings is 1. The minimum atomic E-state index is 1.17. The summed E-state index contributed by atoms with van der Waals surface area (Å²) in [5.41, 5.74) is 1.37. The molecule has 0 saturated carbocycles. The quantitative estimate of drug-likeness (QED) is 0.881. The number of nitrogens with one attached hydrogen (secondary N) is 1. The highest BCUT2D eigenvalue weighted by Crippen LogP contribution is 2.12. The summed E-state index contributed by atoms with van der Waals surface area (Å²) >= 11 is 1.88. The van der Waals surface area contributed by atoms with Crippen LogP contribution < -0.4 is 9.80 Å². The molecule has 1 saturated heterocycles. The molecule has 1 aromatic heterocycles. The summed E-state index contributed by atoms with van der Waals surface area (Å²) in [7, 11) is 0. The Hall–Kier alpha value is -1.32. The third-order valence-electron chi connectivity index (χ3n) is 3.60. The first kappa shape index (κ1) is 11.8. The van der Waals surface area contributed by atoms with Gasteiger partial charge in [0.25, 0.3) is 0 Å². The molecule has 2 aromatic rings. The number of rotatable bonds is 3. The summed E-state index contributed by atoms with van der Waals surface area (Å²) in [6.45, 7) is 6.02. The first-order valence-electron chi connectivity index (χ1n) is 6.58. The van der Waals surface area contributed by atoms with Crippen molar-refractivity contribution in [2.45, 2.75) is 6.54 Å². The van der Waals surface area contributed by atoms with Crippen molar-refractivity contribution in [3.63, 3.8) is 0 Å². The van der Waals surface area contributed by atoms with E-state index in [1.54, 1.807) is 4.90 Å². The number of anilines is 1. The van der Waals surface area contributed by atoms with Crippen LogP contribution in [0.4, 0.5) is 5.69 Å². The smallest absolute Gasteiger partial charge is 0.112 e. The van der Waals surface area contributed by atoms with E-state index >= 15 is 0 Å². The van der Waals surface area contributed by atoms with Crippen molar-refractivity contribution in [2.75, 3.05) is 31.1 Å². The second-order valence-electron chi connectivity index (χ2n) is 4.83. The SMILES string of the molecule is c1ccc(N2CC[NH+](Cc3cccs3)CC2)cc1. The molecule has 0 atom stereocenters. The molecular formula is C15H19N2S+. The predicted octanol–water partition coefficient (Wildman–Crippen LogP) is 1.65. The van der Waals surface area contributed by atoms with Gasteiger partial charge in [-0.15, -0.1) is 11.3 Å². The molecule has 18 heavy (non-hydrogen) atoms. The third-order valence-corrected chi connectivity index (χ3v) is 4.47. The van der Waals surface area contributed by atoms with Gasteiger partial charge >= 0.3 is 0 Å². The summed E-state index contributed by atoms with van der Waals surface area (Å²) in [5.74, 6) is 0. The van der Waals surface area contributed by atoms with Gasteiger partial charge in [0.2, 0.25) is 0 Å². The zero-order valence-electron chi connectivity index (χ0n) is 10.5. The molecule has 2 heterocycles. The Kier molecular flexibility index (Phi) is 3.62. The normalized spacial score (nSPS) is 17.0. The first-order chi connectivity index (χ1) is 8.92. The highest BCUT2D eigenvalue weighted by molar-refractivity contribution is 7.09. The highest BCUT2D eigenvalue weighted by Gasteiger charge is 2.20. The van der Waals surface area contributed by atoms with E-state index in [9.17, 15) is 0 Å². The van der Waals surface area contributed by atoms with Crippen molar-refractivity contribution in [1.82, 2.24) is 0 Å². The standard InChI is InChI=1S/C15H18N2S/c1-2-5-14(6-3-1)17-10-8-16(9-11-17)13-15-7-4-12-18-15/h1-7,12H,8-11,13H2/p+1. The Bertz CT molecular complexity index is 459. The molecule has 0 amide bonds. The van der Waals surface area contributed by atoms with E-state index in [1.807, 2.05) is 11.3 Å². The lowest BCUT2D eigenvalue weighted by molar-refractivity contribution is -0.914. The molecule has 1 aromatic carbocycles. The van der Waals surface area contributed by atoms with Gasteiger partial charge in [0.05, 0.1) is 31.1 Å². The van der Waals surface area contributed by atoms with Crippen LogP contribution in [0.3, 0.4) is 0 Å². The Balaban J connectivity index is 1.55. The van der Waals surface area contributed by atoms with Crippen LogP contribution in [0.15, 0.2) is 47.8 Å². The molecule has 1 N–H and O–H groups in total. The summed E-state index contributed by atoms with van der Waals surface area (Å²) in [6, 6.07) is 15.2. The molecule has 1 aliphatic rings. The van der Waals surface area contributed by atoms with Gasteiger partial charge in [-0.2, -0.15) is 0 Å². The maximum atomic E-state index is 2.50. The number of quaternary nitrogens is 1.